The fourth-order valence-corrected chi connectivity index (χ4v) is 2.10. The molecule has 1 aliphatic heterocycles. The molecule has 1 fully saturated rings. The molecule has 0 spiro atoms. The molecule has 0 bridgehead atoms. The molecule has 86 valence electrons. The Morgan fingerprint density at radius 3 is 3.00 bits per heavy atom. The van der Waals surface area contributed by atoms with Crippen molar-refractivity contribution >= 4 is 6.72 Å². The lowest BCUT2D eigenvalue weighted by Gasteiger charge is -2.31. The van der Waals surface area contributed by atoms with Crippen molar-refractivity contribution in [3.8, 4) is 0 Å². The second-order valence-electron chi connectivity index (χ2n) is 4.33. The van der Waals surface area contributed by atoms with E-state index in [0.717, 1.165) is 19.0 Å². The highest BCUT2D eigenvalue weighted by Crippen LogP contribution is 2.14. The van der Waals surface area contributed by atoms with Gasteiger partial charge in [-0.1, -0.05) is 13.0 Å². The molecule has 1 saturated heterocycles. The number of allylic oxidation sites excluding steroid dienone is 1. The average molecular weight is 209 g/mol. The second kappa shape index (κ2) is 6.62. The Balaban J connectivity index is 2.25. The maximum absolute atomic E-state index is 3.95. The van der Waals surface area contributed by atoms with Gasteiger partial charge in [-0.15, -0.1) is 0 Å². The highest BCUT2D eigenvalue weighted by atomic mass is 15.4. The van der Waals surface area contributed by atoms with E-state index in [2.05, 4.69) is 23.6 Å². The first-order valence-electron chi connectivity index (χ1n) is 5.84. The van der Waals surface area contributed by atoms with Gasteiger partial charge in [0, 0.05) is 26.0 Å². The van der Waals surface area contributed by atoms with Gasteiger partial charge in [0.1, 0.15) is 0 Å². The van der Waals surface area contributed by atoms with Crippen LogP contribution in [0.4, 0.5) is 0 Å². The van der Waals surface area contributed by atoms with Crippen molar-refractivity contribution in [2.75, 3.05) is 26.2 Å². The molecule has 0 aromatic heterocycles. The molecule has 1 atom stereocenters. The molecule has 3 heteroatoms. The minimum absolute atomic E-state index is 0.852. The van der Waals surface area contributed by atoms with Crippen molar-refractivity contribution in [2.24, 2.45) is 11.0 Å². The Morgan fingerprint density at radius 2 is 2.40 bits per heavy atom. The van der Waals surface area contributed by atoms with E-state index in [0.29, 0.717) is 0 Å². The standard InChI is InChI=1S/C12H23N3/c1-4-7-15(13-3)10-9-14-8-5-6-12(2)11-14/h4,7,12H,3,5-6,8-11H2,1-2H3/b7-4-/t12-/m1/s1. The van der Waals surface area contributed by atoms with Crippen LogP contribution in [0.15, 0.2) is 17.4 Å². The molecule has 3 nitrogen and oxygen atoms in total. The van der Waals surface area contributed by atoms with Gasteiger partial charge < -0.3 is 4.90 Å². The lowest BCUT2D eigenvalue weighted by atomic mass is 10.0. The topological polar surface area (TPSA) is 18.8 Å². The third-order valence-corrected chi connectivity index (χ3v) is 2.89. The largest absolute Gasteiger partial charge is 0.301 e. The fraction of sp³-hybridized carbons (Fsp3) is 0.750. The van der Waals surface area contributed by atoms with Gasteiger partial charge in [-0.05, 0) is 32.2 Å². The molecule has 0 amide bonds. The fourth-order valence-electron chi connectivity index (χ4n) is 2.10. The molecule has 0 aliphatic carbocycles. The van der Waals surface area contributed by atoms with Crippen LogP contribution in [-0.4, -0.2) is 42.8 Å². The highest BCUT2D eigenvalue weighted by molar-refractivity contribution is 5.22. The zero-order valence-corrected chi connectivity index (χ0v) is 10.0. The summed E-state index contributed by atoms with van der Waals surface area (Å²) in [6.45, 7) is 12.4. The minimum atomic E-state index is 0.852. The van der Waals surface area contributed by atoms with E-state index >= 15 is 0 Å². The van der Waals surface area contributed by atoms with Crippen LogP contribution >= 0.6 is 0 Å². The third kappa shape index (κ3) is 4.47. The van der Waals surface area contributed by atoms with Crippen LogP contribution in [0.3, 0.4) is 0 Å². The maximum atomic E-state index is 3.95. The zero-order valence-electron chi connectivity index (χ0n) is 10.0. The Labute approximate surface area is 93.4 Å². The number of nitrogens with zero attached hydrogens (tertiary/aromatic N) is 3. The zero-order chi connectivity index (χ0) is 11.1. The summed E-state index contributed by atoms with van der Waals surface area (Å²) in [5.41, 5.74) is 0. The maximum Gasteiger partial charge on any atom is 0.0536 e. The van der Waals surface area contributed by atoms with E-state index in [1.165, 1.54) is 25.9 Å². The van der Waals surface area contributed by atoms with E-state index in [-0.39, 0.29) is 0 Å². The molecule has 1 aliphatic rings. The average Bonchev–Trinajstić information content (AvgIpc) is 2.24. The normalized spacial score (nSPS) is 23.2. The molecule has 1 heterocycles. The monoisotopic (exact) mass is 209 g/mol. The summed E-state index contributed by atoms with van der Waals surface area (Å²) in [5, 5.41) is 5.85. The summed E-state index contributed by atoms with van der Waals surface area (Å²) in [5.74, 6) is 0.852. The molecule has 0 radical (unpaired) electrons. The Bertz CT molecular complexity index is 213. The molecular formula is C12H23N3. The van der Waals surface area contributed by atoms with Crippen LogP contribution < -0.4 is 0 Å². The SMILES string of the molecule is C=NN(/C=C\C)CCN1CCC[C@@H](C)C1. The summed E-state index contributed by atoms with van der Waals surface area (Å²) in [4.78, 5) is 2.52. The van der Waals surface area contributed by atoms with E-state index in [9.17, 15) is 0 Å². The Morgan fingerprint density at radius 1 is 1.60 bits per heavy atom. The van der Waals surface area contributed by atoms with Crippen LogP contribution in [0.2, 0.25) is 0 Å². The molecule has 0 aromatic rings. The minimum Gasteiger partial charge on any atom is -0.301 e. The van der Waals surface area contributed by atoms with Gasteiger partial charge in [-0.3, -0.25) is 5.01 Å². The number of piperidine rings is 1. The van der Waals surface area contributed by atoms with Crippen LogP contribution in [0, 0.1) is 5.92 Å². The van der Waals surface area contributed by atoms with Gasteiger partial charge in [0.2, 0.25) is 0 Å². The number of likely N-dealkylation sites (tertiary alicyclic amines) is 1. The van der Waals surface area contributed by atoms with Gasteiger partial charge in [0.05, 0.1) is 6.54 Å². The predicted molar refractivity (Wildman–Crippen MR) is 65.9 cm³/mol. The van der Waals surface area contributed by atoms with Crippen molar-refractivity contribution in [1.82, 2.24) is 9.91 Å². The van der Waals surface area contributed by atoms with Gasteiger partial charge in [0.15, 0.2) is 0 Å². The molecule has 0 saturated carbocycles. The highest BCUT2D eigenvalue weighted by Gasteiger charge is 2.15. The number of rotatable bonds is 5. The Kier molecular flexibility index (Phi) is 5.40. The second-order valence-corrected chi connectivity index (χ2v) is 4.33. The first-order valence-corrected chi connectivity index (χ1v) is 5.84. The number of hydrogen-bond donors (Lipinski definition) is 0. The van der Waals surface area contributed by atoms with E-state index < -0.39 is 0 Å². The van der Waals surface area contributed by atoms with Gasteiger partial charge in [-0.2, -0.15) is 5.10 Å². The number of hydrogen-bond acceptors (Lipinski definition) is 3. The molecule has 0 aromatic carbocycles. The van der Waals surface area contributed by atoms with Crippen LogP contribution in [0.5, 0.6) is 0 Å². The first kappa shape index (κ1) is 12.2. The molecule has 0 unspecified atom stereocenters. The summed E-state index contributed by atoms with van der Waals surface area (Å²) >= 11 is 0. The lowest BCUT2D eigenvalue weighted by molar-refractivity contribution is 0.169. The van der Waals surface area contributed by atoms with E-state index in [1.807, 2.05) is 24.2 Å². The first-order chi connectivity index (χ1) is 7.26. The van der Waals surface area contributed by atoms with Crippen LogP contribution in [0.25, 0.3) is 0 Å². The van der Waals surface area contributed by atoms with Gasteiger partial charge in [-0.25, -0.2) is 0 Å². The van der Waals surface area contributed by atoms with E-state index in [4.69, 9.17) is 0 Å². The van der Waals surface area contributed by atoms with Crippen LogP contribution in [0.1, 0.15) is 26.7 Å². The lowest BCUT2D eigenvalue weighted by Crippen LogP contribution is -2.38. The number of hydrazone groups is 1. The van der Waals surface area contributed by atoms with Gasteiger partial charge >= 0.3 is 0 Å². The van der Waals surface area contributed by atoms with Gasteiger partial charge in [0.25, 0.3) is 0 Å². The molecule has 1 rings (SSSR count). The molecule has 0 N–H and O–H groups in total. The summed E-state index contributed by atoms with van der Waals surface area (Å²) in [7, 11) is 0. The molecular weight excluding hydrogens is 186 g/mol. The van der Waals surface area contributed by atoms with Crippen molar-refractivity contribution in [3.05, 3.63) is 12.3 Å². The van der Waals surface area contributed by atoms with Crippen LogP contribution in [-0.2, 0) is 0 Å². The summed E-state index contributed by atoms with van der Waals surface area (Å²) < 4.78 is 0. The van der Waals surface area contributed by atoms with Crippen molar-refractivity contribution in [3.63, 3.8) is 0 Å². The third-order valence-electron chi connectivity index (χ3n) is 2.89. The quantitative estimate of drug-likeness (QED) is 0.510. The van der Waals surface area contributed by atoms with Crippen molar-refractivity contribution < 1.29 is 0 Å². The van der Waals surface area contributed by atoms with Crippen molar-refractivity contribution in [2.45, 2.75) is 26.7 Å². The predicted octanol–water partition coefficient (Wildman–Crippen LogP) is 2.17. The molecule has 15 heavy (non-hydrogen) atoms. The van der Waals surface area contributed by atoms with E-state index in [1.54, 1.807) is 0 Å². The summed E-state index contributed by atoms with van der Waals surface area (Å²) in [6.07, 6.45) is 6.69. The Hall–Kier alpha value is -0.830. The van der Waals surface area contributed by atoms with Crippen molar-refractivity contribution in [1.29, 1.82) is 0 Å². The smallest absolute Gasteiger partial charge is 0.0536 e. The summed E-state index contributed by atoms with van der Waals surface area (Å²) in [6, 6.07) is 0.